The highest BCUT2D eigenvalue weighted by Gasteiger charge is 2.28. The lowest BCUT2D eigenvalue weighted by molar-refractivity contribution is 0.102. The second kappa shape index (κ2) is 9.26. The molecule has 0 spiro atoms. The zero-order chi connectivity index (χ0) is 22.7. The summed E-state index contributed by atoms with van der Waals surface area (Å²) in [6.45, 7) is 0.448. The molecule has 1 aliphatic rings. The quantitative estimate of drug-likeness (QED) is 0.526. The number of carbonyl (C=O) groups is 1. The summed E-state index contributed by atoms with van der Waals surface area (Å²) in [5.74, 6) is 0.160. The van der Waals surface area contributed by atoms with E-state index in [1.54, 1.807) is 30.0 Å². The molecule has 1 N–H and O–H groups in total. The van der Waals surface area contributed by atoms with E-state index in [1.165, 1.54) is 23.5 Å². The molecule has 8 heteroatoms. The maximum atomic E-state index is 13.3. The molecule has 0 aliphatic carbocycles. The van der Waals surface area contributed by atoms with Crippen LogP contribution in [-0.2, 0) is 16.4 Å². The molecular weight excluding hydrogens is 444 g/mol. The topological polar surface area (TPSA) is 75.7 Å². The Bertz CT molecular complexity index is 1240. The van der Waals surface area contributed by atoms with Gasteiger partial charge in [0.25, 0.3) is 15.9 Å². The molecule has 0 atom stereocenters. The molecule has 4 rings (SSSR count). The van der Waals surface area contributed by atoms with E-state index in [2.05, 4.69) is 5.32 Å². The van der Waals surface area contributed by atoms with Crippen LogP contribution >= 0.6 is 11.8 Å². The number of anilines is 2. The number of methoxy groups -OCH3 is 1. The SMILES string of the molecule is COc1cc(SC)ccc1C(=O)Nc1ccc(S(=O)(=O)N2CCCc3ccccc32)cc1. The molecule has 3 aromatic rings. The zero-order valence-electron chi connectivity index (χ0n) is 17.9. The minimum absolute atomic E-state index is 0.189. The highest BCUT2D eigenvalue weighted by molar-refractivity contribution is 7.98. The van der Waals surface area contributed by atoms with Gasteiger partial charge in [0.1, 0.15) is 5.75 Å². The molecule has 3 aromatic carbocycles. The number of amides is 1. The number of fused-ring (bicyclic) bond motifs is 1. The Hall–Kier alpha value is -2.97. The van der Waals surface area contributed by atoms with E-state index >= 15 is 0 Å². The number of hydrogen-bond donors (Lipinski definition) is 1. The van der Waals surface area contributed by atoms with Gasteiger partial charge >= 0.3 is 0 Å². The molecule has 0 aromatic heterocycles. The number of aryl methyl sites for hydroxylation is 1. The maximum Gasteiger partial charge on any atom is 0.264 e. The number of benzene rings is 3. The van der Waals surface area contributed by atoms with Crippen molar-refractivity contribution in [3.05, 3.63) is 77.9 Å². The second-order valence-electron chi connectivity index (χ2n) is 7.35. The predicted molar refractivity (Wildman–Crippen MR) is 128 cm³/mol. The third-order valence-electron chi connectivity index (χ3n) is 5.42. The number of rotatable bonds is 6. The molecule has 166 valence electrons. The van der Waals surface area contributed by atoms with Crippen LogP contribution in [0, 0.1) is 0 Å². The highest BCUT2D eigenvalue weighted by Crippen LogP contribution is 2.32. The van der Waals surface area contributed by atoms with Crippen molar-refractivity contribution in [3.63, 3.8) is 0 Å². The molecule has 0 radical (unpaired) electrons. The van der Waals surface area contributed by atoms with Crippen LogP contribution in [0.5, 0.6) is 5.75 Å². The first kappa shape index (κ1) is 22.2. The van der Waals surface area contributed by atoms with E-state index in [4.69, 9.17) is 4.74 Å². The summed E-state index contributed by atoms with van der Waals surface area (Å²) in [5.41, 5.74) is 2.68. The molecule has 0 fully saturated rings. The third kappa shape index (κ3) is 4.33. The lowest BCUT2D eigenvalue weighted by Crippen LogP contribution is -2.35. The fourth-order valence-corrected chi connectivity index (χ4v) is 5.74. The molecule has 1 amide bonds. The van der Waals surface area contributed by atoms with Crippen molar-refractivity contribution >= 4 is 39.1 Å². The summed E-state index contributed by atoms with van der Waals surface area (Å²) in [5, 5.41) is 2.81. The van der Waals surface area contributed by atoms with Crippen LogP contribution in [0.2, 0.25) is 0 Å². The van der Waals surface area contributed by atoms with Crippen molar-refractivity contribution in [2.24, 2.45) is 0 Å². The summed E-state index contributed by atoms with van der Waals surface area (Å²) in [7, 11) is -2.17. The van der Waals surface area contributed by atoms with Gasteiger partial charge in [0, 0.05) is 17.1 Å². The predicted octanol–water partition coefficient (Wildman–Crippen LogP) is 4.81. The first-order valence-corrected chi connectivity index (χ1v) is 12.8. The maximum absolute atomic E-state index is 13.3. The van der Waals surface area contributed by atoms with Crippen LogP contribution in [0.25, 0.3) is 0 Å². The molecule has 0 saturated carbocycles. The number of para-hydroxylation sites is 1. The van der Waals surface area contributed by atoms with Crippen LogP contribution in [0.15, 0.2) is 76.5 Å². The summed E-state index contributed by atoms with van der Waals surface area (Å²) >= 11 is 1.56. The Morgan fingerprint density at radius 1 is 1.06 bits per heavy atom. The average molecular weight is 469 g/mol. The van der Waals surface area contributed by atoms with Crippen LogP contribution in [0.1, 0.15) is 22.3 Å². The Labute approximate surface area is 192 Å². The molecule has 0 unspecified atom stereocenters. The second-order valence-corrected chi connectivity index (χ2v) is 10.1. The summed E-state index contributed by atoms with van der Waals surface area (Å²) in [6.07, 6.45) is 3.60. The van der Waals surface area contributed by atoms with Gasteiger partial charge in [-0.1, -0.05) is 18.2 Å². The van der Waals surface area contributed by atoms with E-state index in [0.29, 0.717) is 23.5 Å². The van der Waals surface area contributed by atoms with E-state index in [0.717, 1.165) is 29.0 Å². The standard InChI is InChI=1S/C24H24N2O4S2/c1-30-23-16-19(31-2)11-14-21(23)24(27)25-18-9-12-20(13-10-18)32(28,29)26-15-5-7-17-6-3-4-8-22(17)26/h3-4,6,8-14,16H,5,7,15H2,1-2H3,(H,25,27). The number of carbonyl (C=O) groups excluding carboxylic acids is 1. The van der Waals surface area contributed by atoms with E-state index < -0.39 is 10.0 Å². The molecule has 0 bridgehead atoms. The number of nitrogens with zero attached hydrogens (tertiary/aromatic N) is 1. The minimum Gasteiger partial charge on any atom is -0.496 e. The Balaban J connectivity index is 1.55. The van der Waals surface area contributed by atoms with Gasteiger partial charge in [0.15, 0.2) is 0 Å². The van der Waals surface area contributed by atoms with Gasteiger partial charge in [-0.05, 0) is 73.2 Å². The van der Waals surface area contributed by atoms with E-state index in [1.807, 2.05) is 42.7 Å². The van der Waals surface area contributed by atoms with Gasteiger partial charge < -0.3 is 10.1 Å². The van der Waals surface area contributed by atoms with Crippen LogP contribution in [0.3, 0.4) is 0 Å². The smallest absolute Gasteiger partial charge is 0.264 e. The molecule has 0 saturated heterocycles. The van der Waals surface area contributed by atoms with Crippen molar-refractivity contribution in [2.45, 2.75) is 22.6 Å². The first-order valence-electron chi connectivity index (χ1n) is 10.2. The van der Waals surface area contributed by atoms with Gasteiger partial charge in [-0.2, -0.15) is 0 Å². The van der Waals surface area contributed by atoms with Gasteiger partial charge in [-0.15, -0.1) is 11.8 Å². The van der Waals surface area contributed by atoms with Gasteiger partial charge in [0.05, 0.1) is 23.3 Å². The van der Waals surface area contributed by atoms with Crippen LogP contribution in [0.4, 0.5) is 11.4 Å². The van der Waals surface area contributed by atoms with Crippen LogP contribution in [-0.4, -0.2) is 34.2 Å². The van der Waals surface area contributed by atoms with Crippen molar-refractivity contribution in [2.75, 3.05) is 29.5 Å². The van der Waals surface area contributed by atoms with Crippen molar-refractivity contribution in [1.82, 2.24) is 0 Å². The average Bonchev–Trinajstić information content (AvgIpc) is 2.83. The monoisotopic (exact) mass is 468 g/mol. The molecule has 32 heavy (non-hydrogen) atoms. The fraction of sp³-hybridized carbons (Fsp3) is 0.208. The van der Waals surface area contributed by atoms with E-state index in [9.17, 15) is 13.2 Å². The Morgan fingerprint density at radius 2 is 1.81 bits per heavy atom. The van der Waals surface area contributed by atoms with Crippen LogP contribution < -0.4 is 14.4 Å². The molecule has 6 nitrogen and oxygen atoms in total. The van der Waals surface area contributed by atoms with Gasteiger partial charge in [-0.3, -0.25) is 9.10 Å². The van der Waals surface area contributed by atoms with Gasteiger partial charge in [-0.25, -0.2) is 8.42 Å². The van der Waals surface area contributed by atoms with E-state index in [-0.39, 0.29) is 10.8 Å². The number of ether oxygens (including phenoxy) is 1. The first-order chi connectivity index (χ1) is 15.4. The zero-order valence-corrected chi connectivity index (χ0v) is 19.5. The number of hydrogen-bond acceptors (Lipinski definition) is 5. The molecular formula is C24H24N2O4S2. The third-order valence-corrected chi connectivity index (χ3v) is 7.97. The summed E-state index contributed by atoms with van der Waals surface area (Å²) in [4.78, 5) is 13.9. The minimum atomic E-state index is -3.69. The largest absolute Gasteiger partial charge is 0.496 e. The molecule has 1 aliphatic heterocycles. The van der Waals surface area contributed by atoms with Crippen molar-refractivity contribution < 1.29 is 17.9 Å². The van der Waals surface area contributed by atoms with Crippen molar-refractivity contribution in [1.29, 1.82) is 0 Å². The normalized spacial score (nSPS) is 13.4. The number of nitrogens with one attached hydrogen (secondary N) is 1. The van der Waals surface area contributed by atoms with Gasteiger partial charge in [0.2, 0.25) is 0 Å². The molecule has 1 heterocycles. The number of sulfonamides is 1. The Kier molecular flexibility index (Phi) is 6.43. The van der Waals surface area contributed by atoms with Crippen molar-refractivity contribution in [3.8, 4) is 5.75 Å². The highest BCUT2D eigenvalue weighted by atomic mass is 32.2. The summed E-state index contributed by atoms with van der Waals surface area (Å²) in [6, 6.07) is 19.2. The number of thioether (sulfide) groups is 1. The fourth-order valence-electron chi connectivity index (χ4n) is 3.77. The Morgan fingerprint density at radius 3 is 2.53 bits per heavy atom. The lowest BCUT2D eigenvalue weighted by Gasteiger charge is -2.30. The summed E-state index contributed by atoms with van der Waals surface area (Å²) < 4.78 is 33.4. The lowest BCUT2D eigenvalue weighted by atomic mass is 10.0.